The lowest BCUT2D eigenvalue weighted by molar-refractivity contribution is -0.142. The van der Waals surface area contributed by atoms with E-state index < -0.39 is 11.5 Å². The van der Waals surface area contributed by atoms with Crippen molar-refractivity contribution < 1.29 is 9.59 Å². The highest BCUT2D eigenvalue weighted by Crippen LogP contribution is 2.38. The van der Waals surface area contributed by atoms with Crippen LogP contribution >= 0.6 is 0 Å². The lowest BCUT2D eigenvalue weighted by Gasteiger charge is -2.44. The monoisotopic (exact) mass is 406 g/mol. The number of terminal acetylenes is 1. The molecule has 1 aromatic rings. The molecule has 2 heterocycles. The molecule has 1 unspecified atom stereocenters. The number of hydrogen-bond acceptors (Lipinski definition) is 5. The molecule has 3 aliphatic rings. The van der Waals surface area contributed by atoms with E-state index in [0.29, 0.717) is 35.9 Å². The van der Waals surface area contributed by atoms with Gasteiger partial charge in [-0.1, -0.05) is 5.92 Å². The number of hydrogen-bond donors (Lipinski definition) is 3. The van der Waals surface area contributed by atoms with Crippen LogP contribution in [0.2, 0.25) is 0 Å². The molecule has 3 fully saturated rings. The van der Waals surface area contributed by atoms with E-state index in [-0.39, 0.29) is 23.7 Å². The van der Waals surface area contributed by atoms with Gasteiger partial charge >= 0.3 is 0 Å². The van der Waals surface area contributed by atoms with Crippen LogP contribution in [0, 0.1) is 40.9 Å². The highest BCUT2D eigenvalue weighted by atomic mass is 16.2. The van der Waals surface area contributed by atoms with Gasteiger partial charge in [-0.15, -0.1) is 6.42 Å². The molecular weight excluding hydrogens is 380 g/mol. The molecule has 1 atom stereocenters. The number of rotatable bonds is 7. The van der Waals surface area contributed by atoms with Gasteiger partial charge in [0, 0.05) is 32.3 Å². The molecule has 0 bridgehead atoms. The minimum Gasteiger partial charge on any atom is -0.373 e. The van der Waals surface area contributed by atoms with Crippen LogP contribution in [0.3, 0.4) is 0 Å². The number of likely N-dealkylation sites (tertiary alicyclic amines) is 1. The predicted octanol–water partition coefficient (Wildman–Crippen LogP) is 2.05. The third kappa shape index (κ3) is 3.78. The van der Waals surface area contributed by atoms with Crippen LogP contribution in [0.4, 0.5) is 11.5 Å². The second-order valence-corrected chi connectivity index (χ2v) is 8.75. The molecule has 30 heavy (non-hydrogen) atoms. The summed E-state index contributed by atoms with van der Waals surface area (Å²) in [5.41, 5.74) is 0.979. The lowest BCUT2D eigenvalue weighted by Crippen LogP contribution is -2.61. The third-order valence-electron chi connectivity index (χ3n) is 6.00. The molecule has 0 spiro atoms. The summed E-state index contributed by atoms with van der Waals surface area (Å²) in [6.45, 7) is 2.64. The van der Waals surface area contributed by atoms with Crippen LogP contribution in [0.25, 0.3) is 0 Å². The van der Waals surface area contributed by atoms with Crippen molar-refractivity contribution in [3.05, 3.63) is 11.8 Å². The Hall–Kier alpha value is -3.26. The van der Waals surface area contributed by atoms with E-state index in [0.717, 1.165) is 25.7 Å². The number of aliphatic imine (C=N–C) groups is 1. The average Bonchev–Trinajstić information content (AvgIpc) is 3.64. The van der Waals surface area contributed by atoms with Gasteiger partial charge in [0.2, 0.25) is 5.91 Å². The van der Waals surface area contributed by atoms with Crippen molar-refractivity contribution in [3.63, 3.8) is 0 Å². The zero-order valence-corrected chi connectivity index (χ0v) is 17.3. The van der Waals surface area contributed by atoms with Gasteiger partial charge in [-0.2, -0.15) is 5.26 Å². The summed E-state index contributed by atoms with van der Waals surface area (Å²) in [4.78, 5) is 35.4. The molecule has 1 aromatic heterocycles. The molecule has 0 radical (unpaired) electrons. The first-order valence-corrected chi connectivity index (χ1v) is 10.3. The minimum absolute atomic E-state index is 0.115. The molecule has 2 aliphatic carbocycles. The number of aromatic amines is 1. The Balaban J connectivity index is 1.53. The summed E-state index contributed by atoms with van der Waals surface area (Å²) in [6, 6.07) is 1.66. The van der Waals surface area contributed by atoms with Gasteiger partial charge in [0.15, 0.2) is 0 Å². The zero-order chi connectivity index (χ0) is 21.5. The molecule has 4 rings (SSSR count). The smallest absolute Gasteiger partial charge is 0.255 e. The van der Waals surface area contributed by atoms with Crippen LogP contribution in [-0.2, 0) is 4.79 Å². The number of carbonyl (C=O) groups is 2. The highest BCUT2D eigenvalue weighted by Gasteiger charge is 2.47. The quantitative estimate of drug-likeness (QED) is 0.475. The second kappa shape index (κ2) is 7.53. The maximum absolute atomic E-state index is 13.1. The maximum atomic E-state index is 13.1. The molecule has 3 N–H and O–H groups in total. The van der Waals surface area contributed by atoms with Gasteiger partial charge in [-0.25, -0.2) is 4.99 Å². The molecule has 1 saturated heterocycles. The summed E-state index contributed by atoms with van der Waals surface area (Å²) < 4.78 is 0. The number of nitrogens with one attached hydrogen (secondary N) is 3. The lowest BCUT2D eigenvalue weighted by atomic mass is 9.83. The molecule has 8 heteroatoms. The minimum atomic E-state index is -0.582. The summed E-state index contributed by atoms with van der Waals surface area (Å²) in [5.74, 6) is 3.20. The molecule has 8 nitrogen and oxygen atoms in total. The van der Waals surface area contributed by atoms with Crippen LogP contribution in [0.15, 0.2) is 11.2 Å². The standard InChI is InChI=1S/C22H26N6O2/c1-4-16(13-5-6-13)26-18-15(9-25-19(18)24-3)20(29)27-17(14-7-8-14)21(30)28-11-22(2,10-23)12-28/h1,9,13-14,17,24-25H,5-8,11-12H2,2-3H3,(H,27,29). The first-order chi connectivity index (χ1) is 14.4. The van der Waals surface area contributed by atoms with Gasteiger partial charge in [0.05, 0.1) is 22.8 Å². The molecule has 156 valence electrons. The van der Waals surface area contributed by atoms with Crippen molar-refractivity contribution in [1.29, 1.82) is 5.26 Å². The number of nitriles is 1. The van der Waals surface area contributed by atoms with Crippen LogP contribution < -0.4 is 10.6 Å². The van der Waals surface area contributed by atoms with Gasteiger partial charge in [-0.3, -0.25) is 9.59 Å². The zero-order valence-electron chi connectivity index (χ0n) is 17.3. The van der Waals surface area contributed by atoms with Crippen molar-refractivity contribution in [1.82, 2.24) is 15.2 Å². The van der Waals surface area contributed by atoms with Crippen LogP contribution in [-0.4, -0.2) is 53.6 Å². The van der Waals surface area contributed by atoms with E-state index in [9.17, 15) is 14.9 Å². The molecule has 2 amide bonds. The fourth-order valence-corrected chi connectivity index (χ4v) is 3.86. The van der Waals surface area contributed by atoms with E-state index in [1.807, 2.05) is 6.92 Å². The van der Waals surface area contributed by atoms with E-state index >= 15 is 0 Å². The molecular formula is C22H26N6O2. The van der Waals surface area contributed by atoms with Crippen molar-refractivity contribution in [2.45, 2.75) is 38.6 Å². The average molecular weight is 406 g/mol. The second-order valence-electron chi connectivity index (χ2n) is 8.75. The van der Waals surface area contributed by atoms with Gasteiger partial charge in [-0.05, 0) is 38.5 Å². The SMILES string of the molecule is C#CC(=Nc1c(C(=O)NC(C(=O)N2CC(C)(C#N)C2)C2CC2)c[nH]c1NC)C1CC1. The van der Waals surface area contributed by atoms with Crippen molar-refractivity contribution >= 4 is 29.0 Å². The van der Waals surface area contributed by atoms with Crippen molar-refractivity contribution in [2.75, 3.05) is 25.5 Å². The van der Waals surface area contributed by atoms with Crippen LogP contribution in [0.5, 0.6) is 0 Å². The number of carbonyl (C=O) groups excluding carboxylic acids is 2. The Labute approximate surface area is 176 Å². The van der Waals surface area contributed by atoms with Gasteiger partial charge in [0.25, 0.3) is 5.91 Å². The van der Waals surface area contributed by atoms with Crippen LogP contribution in [0.1, 0.15) is 43.0 Å². The van der Waals surface area contributed by atoms with Gasteiger partial charge < -0.3 is 20.5 Å². The fraction of sp³-hybridized carbons (Fsp3) is 0.545. The number of aromatic nitrogens is 1. The number of H-pyrrole nitrogens is 1. The Bertz CT molecular complexity index is 980. The van der Waals surface area contributed by atoms with Crippen molar-refractivity contribution in [3.8, 4) is 18.4 Å². The Kier molecular flexibility index (Phi) is 5.03. The largest absolute Gasteiger partial charge is 0.373 e. The number of amides is 2. The Morgan fingerprint density at radius 3 is 2.60 bits per heavy atom. The third-order valence-corrected chi connectivity index (χ3v) is 6.00. The van der Waals surface area contributed by atoms with E-state index in [1.165, 1.54) is 0 Å². The highest BCUT2D eigenvalue weighted by molar-refractivity contribution is 6.09. The molecule has 0 aromatic carbocycles. The van der Waals surface area contributed by atoms with E-state index in [2.05, 4.69) is 32.6 Å². The topological polar surface area (TPSA) is 113 Å². The normalized spacial score (nSPS) is 21.1. The summed E-state index contributed by atoms with van der Waals surface area (Å²) in [7, 11) is 1.74. The van der Waals surface area contributed by atoms with Gasteiger partial charge in [0.1, 0.15) is 17.5 Å². The first-order valence-electron chi connectivity index (χ1n) is 10.3. The van der Waals surface area contributed by atoms with E-state index in [1.54, 1.807) is 18.1 Å². The number of nitrogens with zero attached hydrogens (tertiary/aromatic N) is 3. The Morgan fingerprint density at radius 1 is 1.37 bits per heavy atom. The first kappa shape index (κ1) is 20.0. The summed E-state index contributed by atoms with van der Waals surface area (Å²) in [5, 5.41) is 15.1. The molecule has 2 saturated carbocycles. The predicted molar refractivity (Wildman–Crippen MR) is 113 cm³/mol. The molecule has 1 aliphatic heterocycles. The summed E-state index contributed by atoms with van der Waals surface area (Å²) >= 11 is 0. The van der Waals surface area contributed by atoms with Crippen molar-refractivity contribution in [2.24, 2.45) is 22.2 Å². The Morgan fingerprint density at radius 2 is 2.07 bits per heavy atom. The number of anilines is 1. The summed E-state index contributed by atoms with van der Waals surface area (Å²) in [6.07, 6.45) is 11.0. The van der Waals surface area contributed by atoms with E-state index in [4.69, 9.17) is 6.42 Å². The fourth-order valence-electron chi connectivity index (χ4n) is 3.86. The maximum Gasteiger partial charge on any atom is 0.255 e.